The minimum Gasteiger partial charge on any atom is -0.371 e. The molecule has 0 N–H and O–H groups in total. The monoisotopic (exact) mass is 568 g/mol. The molecule has 216 valence electrons. The van der Waals surface area contributed by atoms with E-state index in [1.807, 2.05) is 0 Å². The Hall–Kier alpha value is -2.32. The van der Waals surface area contributed by atoms with Gasteiger partial charge in [-0.15, -0.1) is 0 Å². The zero-order chi connectivity index (χ0) is 28.2. The molecule has 0 aliphatic carbocycles. The maximum Gasteiger partial charge on any atom is 0.415 e. The average molecular weight is 569 g/mol. The van der Waals surface area contributed by atoms with Crippen molar-refractivity contribution in [1.82, 2.24) is 9.80 Å². The van der Waals surface area contributed by atoms with Crippen LogP contribution in [0.3, 0.4) is 0 Å². The SMILES string of the molecule is Fc1cccc(C2CN(C[C@H](O[C@@H](CN3CCOC(c4cccc(F)c4)C3)C(F)(F)F)C(F)(F)F)CCO2)c1. The van der Waals surface area contributed by atoms with E-state index in [-0.39, 0.29) is 39.4 Å². The molecular formula is C26H28F8N2O3. The summed E-state index contributed by atoms with van der Waals surface area (Å²) in [4.78, 5) is 2.61. The summed E-state index contributed by atoms with van der Waals surface area (Å²) in [5.41, 5.74) is 0.829. The number of morpholine rings is 2. The van der Waals surface area contributed by atoms with Crippen molar-refractivity contribution in [3.05, 3.63) is 71.3 Å². The summed E-state index contributed by atoms with van der Waals surface area (Å²) in [6.45, 7) is -1.73. The molecular weight excluding hydrogens is 540 g/mol. The lowest BCUT2D eigenvalue weighted by atomic mass is 10.1. The maximum absolute atomic E-state index is 13.9. The van der Waals surface area contributed by atoms with Crippen LogP contribution in [0.25, 0.3) is 0 Å². The number of hydrogen-bond acceptors (Lipinski definition) is 5. The molecule has 2 aliphatic rings. The van der Waals surface area contributed by atoms with Gasteiger partial charge in [0.05, 0.1) is 25.4 Å². The van der Waals surface area contributed by atoms with Gasteiger partial charge in [0.15, 0.2) is 12.2 Å². The van der Waals surface area contributed by atoms with E-state index in [0.29, 0.717) is 11.1 Å². The molecule has 2 aliphatic heterocycles. The molecule has 13 heteroatoms. The van der Waals surface area contributed by atoms with Crippen LogP contribution in [0.1, 0.15) is 23.3 Å². The van der Waals surface area contributed by atoms with Gasteiger partial charge >= 0.3 is 12.4 Å². The van der Waals surface area contributed by atoms with Gasteiger partial charge in [0.2, 0.25) is 0 Å². The largest absolute Gasteiger partial charge is 0.415 e. The first-order chi connectivity index (χ1) is 18.4. The van der Waals surface area contributed by atoms with Crippen molar-refractivity contribution < 1.29 is 49.3 Å². The Morgan fingerprint density at radius 1 is 0.718 bits per heavy atom. The molecule has 4 atom stereocenters. The van der Waals surface area contributed by atoms with Crippen molar-refractivity contribution in [2.45, 2.75) is 36.8 Å². The molecule has 2 fully saturated rings. The predicted molar refractivity (Wildman–Crippen MR) is 124 cm³/mol. The van der Waals surface area contributed by atoms with E-state index in [4.69, 9.17) is 14.2 Å². The van der Waals surface area contributed by atoms with Gasteiger partial charge in [-0.1, -0.05) is 24.3 Å². The highest BCUT2D eigenvalue weighted by molar-refractivity contribution is 5.20. The zero-order valence-corrected chi connectivity index (χ0v) is 20.7. The van der Waals surface area contributed by atoms with Crippen molar-refractivity contribution in [2.24, 2.45) is 0 Å². The number of alkyl halides is 6. The number of halogens is 8. The third-order valence-corrected chi connectivity index (χ3v) is 6.65. The second-order valence-electron chi connectivity index (χ2n) is 9.54. The van der Waals surface area contributed by atoms with Gasteiger partial charge in [-0.2, -0.15) is 26.3 Å². The fourth-order valence-corrected chi connectivity index (χ4v) is 4.67. The quantitative estimate of drug-likeness (QED) is 0.405. The Kier molecular flexibility index (Phi) is 9.48. The third kappa shape index (κ3) is 8.34. The molecule has 4 rings (SSSR count). The smallest absolute Gasteiger partial charge is 0.371 e. The lowest BCUT2D eigenvalue weighted by molar-refractivity contribution is -0.292. The fraction of sp³-hybridized carbons (Fsp3) is 0.538. The van der Waals surface area contributed by atoms with Crippen LogP contribution in [-0.2, 0) is 14.2 Å². The van der Waals surface area contributed by atoms with Gasteiger partial charge in [-0.25, -0.2) is 8.78 Å². The van der Waals surface area contributed by atoms with Crippen LogP contribution in [0.2, 0.25) is 0 Å². The van der Waals surface area contributed by atoms with Crippen LogP contribution in [0.4, 0.5) is 35.1 Å². The number of rotatable bonds is 8. The van der Waals surface area contributed by atoms with Gasteiger partial charge in [0.1, 0.15) is 11.6 Å². The molecule has 2 aromatic carbocycles. The highest BCUT2D eigenvalue weighted by Crippen LogP contribution is 2.33. The minimum atomic E-state index is -5.08. The van der Waals surface area contributed by atoms with Crippen molar-refractivity contribution >= 4 is 0 Å². The second-order valence-corrected chi connectivity index (χ2v) is 9.54. The Morgan fingerprint density at radius 2 is 1.13 bits per heavy atom. The molecule has 2 aromatic rings. The molecule has 0 saturated carbocycles. The first-order valence-corrected chi connectivity index (χ1v) is 12.4. The number of benzene rings is 2. The molecule has 2 saturated heterocycles. The van der Waals surface area contributed by atoms with Crippen LogP contribution < -0.4 is 0 Å². The van der Waals surface area contributed by atoms with E-state index in [2.05, 4.69) is 0 Å². The molecule has 39 heavy (non-hydrogen) atoms. The zero-order valence-electron chi connectivity index (χ0n) is 20.7. The summed E-state index contributed by atoms with van der Waals surface area (Å²) in [7, 11) is 0. The van der Waals surface area contributed by atoms with Crippen molar-refractivity contribution in [3.63, 3.8) is 0 Å². The number of ether oxygens (including phenoxy) is 3. The van der Waals surface area contributed by atoms with Gasteiger partial charge in [-0.05, 0) is 35.4 Å². The highest BCUT2D eigenvalue weighted by atomic mass is 19.4. The maximum atomic E-state index is 13.9. The van der Waals surface area contributed by atoms with Crippen molar-refractivity contribution in [3.8, 4) is 0 Å². The summed E-state index contributed by atoms with van der Waals surface area (Å²) in [5, 5.41) is 0. The number of hydrogen-bond donors (Lipinski definition) is 0. The van der Waals surface area contributed by atoms with Gasteiger partial charge in [0.25, 0.3) is 0 Å². The Labute approximate surface area is 220 Å². The summed E-state index contributed by atoms with van der Waals surface area (Å²) in [5.74, 6) is -1.08. The summed E-state index contributed by atoms with van der Waals surface area (Å²) in [6.07, 6.45) is -17.1. The normalized spacial score (nSPS) is 23.5. The van der Waals surface area contributed by atoms with Gasteiger partial charge < -0.3 is 14.2 Å². The molecule has 0 aromatic heterocycles. The molecule has 0 amide bonds. The van der Waals surface area contributed by atoms with Crippen LogP contribution in [-0.4, -0.2) is 86.8 Å². The molecule has 5 nitrogen and oxygen atoms in total. The standard InChI is InChI=1S/C26H28F8N2O3/c27-19-5-1-3-17(11-19)21-13-35(7-9-37-21)15-23(25(29,30)31)39-24(26(32,33)34)16-36-8-10-38-22(14-36)18-4-2-6-20(28)12-18/h1-6,11-12,21-24H,7-10,13-16H2/t21?,22?,23-,24-/m0/s1. The van der Waals surface area contributed by atoms with Crippen LogP contribution in [0.5, 0.6) is 0 Å². The summed E-state index contributed by atoms with van der Waals surface area (Å²) >= 11 is 0. The Morgan fingerprint density at radius 3 is 1.49 bits per heavy atom. The lowest BCUT2D eigenvalue weighted by Gasteiger charge is -2.38. The second kappa shape index (κ2) is 12.5. The predicted octanol–water partition coefficient (Wildman–Crippen LogP) is 5.29. The Bertz CT molecular complexity index is 1000. The molecule has 0 radical (unpaired) electrons. The lowest BCUT2D eigenvalue weighted by Crippen LogP contribution is -2.53. The third-order valence-electron chi connectivity index (χ3n) is 6.65. The minimum absolute atomic E-state index is 0.0176. The van der Waals surface area contributed by atoms with Crippen molar-refractivity contribution in [1.29, 1.82) is 0 Å². The van der Waals surface area contributed by atoms with E-state index in [1.54, 1.807) is 12.1 Å². The van der Waals surface area contributed by atoms with Crippen LogP contribution in [0.15, 0.2) is 48.5 Å². The van der Waals surface area contributed by atoms with E-state index in [9.17, 15) is 35.1 Å². The fourth-order valence-electron chi connectivity index (χ4n) is 4.67. The van der Waals surface area contributed by atoms with E-state index in [1.165, 1.54) is 46.2 Å². The highest BCUT2D eigenvalue weighted by Gasteiger charge is 2.50. The molecule has 2 heterocycles. The van der Waals surface area contributed by atoms with Gasteiger partial charge in [-0.3, -0.25) is 9.80 Å². The topological polar surface area (TPSA) is 34.2 Å². The molecule has 0 bridgehead atoms. The molecule has 0 spiro atoms. The first-order valence-electron chi connectivity index (χ1n) is 12.4. The van der Waals surface area contributed by atoms with Crippen molar-refractivity contribution in [2.75, 3.05) is 52.5 Å². The van der Waals surface area contributed by atoms with Crippen LogP contribution in [0, 0.1) is 11.6 Å². The van der Waals surface area contributed by atoms with E-state index >= 15 is 0 Å². The summed E-state index contributed by atoms with van der Waals surface area (Å²) in [6, 6.07) is 10.8. The summed E-state index contributed by atoms with van der Waals surface area (Å²) < 4.78 is 127. The van der Waals surface area contributed by atoms with Gasteiger partial charge in [0, 0.05) is 39.3 Å². The van der Waals surface area contributed by atoms with Crippen LogP contribution >= 0.6 is 0 Å². The molecule has 2 unspecified atom stereocenters. The Balaban J connectivity index is 1.43. The first kappa shape index (κ1) is 29.7. The number of nitrogens with zero attached hydrogens (tertiary/aromatic N) is 2. The average Bonchev–Trinajstić information content (AvgIpc) is 2.87. The van der Waals surface area contributed by atoms with E-state index < -0.39 is 61.5 Å². The van der Waals surface area contributed by atoms with E-state index in [0.717, 1.165) is 0 Å².